The van der Waals surface area contributed by atoms with Crippen LogP contribution in [0.5, 0.6) is 23.0 Å². The maximum absolute atomic E-state index is 14.1. The number of nitrogens with zero attached hydrogens (tertiary/aromatic N) is 1. The number of ether oxygens (including phenoxy) is 2. The fraction of sp³-hybridized carbons (Fsp3) is 0.100. The van der Waals surface area contributed by atoms with Gasteiger partial charge in [-0.15, -0.1) is 0 Å². The van der Waals surface area contributed by atoms with Gasteiger partial charge in [0.25, 0.3) is 0 Å². The summed E-state index contributed by atoms with van der Waals surface area (Å²) < 4.78 is 49.0. The standard InChI is InChI=1S/C20H13Cl2F3N2O5/c21-15-17(16(22)19(27-18(15)23)26-8-14(29)30)31-11-4-5-13(28)12(7-11)9-2-1-3-10(6-9)32-20(24)25/h1-7,20,28H,8H2,(H,26,27)(H,29,30). The number of aliphatic carboxylic acids is 1. The lowest BCUT2D eigenvalue weighted by Gasteiger charge is -2.15. The van der Waals surface area contributed by atoms with E-state index in [-0.39, 0.29) is 39.4 Å². The normalized spacial score (nSPS) is 10.8. The van der Waals surface area contributed by atoms with Crippen LogP contribution in [-0.4, -0.2) is 34.3 Å². The molecular formula is C20H13Cl2F3N2O5. The van der Waals surface area contributed by atoms with Crippen LogP contribution in [0.1, 0.15) is 0 Å². The Bertz CT molecular complexity index is 1160. The number of pyridine rings is 1. The topological polar surface area (TPSA) is 101 Å². The lowest BCUT2D eigenvalue weighted by molar-refractivity contribution is -0.134. The average Bonchev–Trinajstić information content (AvgIpc) is 2.73. The number of benzene rings is 2. The molecule has 0 spiro atoms. The molecule has 1 heterocycles. The summed E-state index contributed by atoms with van der Waals surface area (Å²) >= 11 is 12.1. The van der Waals surface area contributed by atoms with Gasteiger partial charge in [-0.2, -0.15) is 18.2 Å². The highest BCUT2D eigenvalue weighted by Crippen LogP contribution is 2.43. The van der Waals surface area contributed by atoms with Crippen molar-refractivity contribution in [3.8, 4) is 34.1 Å². The average molecular weight is 489 g/mol. The first-order chi connectivity index (χ1) is 15.2. The van der Waals surface area contributed by atoms with Crippen LogP contribution in [0.4, 0.5) is 19.0 Å². The molecule has 0 radical (unpaired) electrons. The van der Waals surface area contributed by atoms with E-state index >= 15 is 0 Å². The molecule has 2 aromatic carbocycles. The summed E-state index contributed by atoms with van der Waals surface area (Å²) in [6.45, 7) is -3.61. The van der Waals surface area contributed by atoms with Crippen LogP contribution >= 0.6 is 23.2 Å². The van der Waals surface area contributed by atoms with Crippen molar-refractivity contribution < 1.29 is 37.7 Å². The molecule has 0 atom stereocenters. The summed E-state index contributed by atoms with van der Waals surface area (Å²) in [7, 11) is 0. The molecule has 0 aliphatic heterocycles. The second kappa shape index (κ2) is 9.84. The van der Waals surface area contributed by atoms with Crippen molar-refractivity contribution in [2.45, 2.75) is 6.61 Å². The molecule has 0 fully saturated rings. The van der Waals surface area contributed by atoms with Gasteiger partial charge in [0.15, 0.2) is 11.6 Å². The predicted octanol–water partition coefficient (Wildman–Crippen LogP) is 5.79. The van der Waals surface area contributed by atoms with Crippen molar-refractivity contribution in [3.63, 3.8) is 0 Å². The minimum atomic E-state index is -3.02. The number of carboxylic acid groups (broad SMARTS) is 1. The molecule has 1 aromatic heterocycles. The van der Waals surface area contributed by atoms with E-state index in [1.807, 2.05) is 0 Å². The Hall–Kier alpha value is -3.37. The van der Waals surface area contributed by atoms with Crippen LogP contribution in [0, 0.1) is 5.95 Å². The molecule has 3 N–H and O–H groups in total. The minimum absolute atomic E-state index is 0.0524. The first kappa shape index (κ1) is 23.3. The molecule has 0 saturated carbocycles. The number of phenols is 1. The van der Waals surface area contributed by atoms with Crippen molar-refractivity contribution in [2.24, 2.45) is 0 Å². The first-order valence-corrected chi connectivity index (χ1v) is 9.47. The second-order valence-electron chi connectivity index (χ2n) is 6.14. The van der Waals surface area contributed by atoms with E-state index in [0.717, 1.165) is 0 Å². The van der Waals surface area contributed by atoms with Gasteiger partial charge in [-0.1, -0.05) is 35.3 Å². The Labute approximate surface area is 188 Å². The van der Waals surface area contributed by atoms with Gasteiger partial charge in [0.1, 0.15) is 33.8 Å². The Morgan fingerprint density at radius 3 is 2.56 bits per heavy atom. The van der Waals surface area contributed by atoms with Crippen molar-refractivity contribution >= 4 is 35.0 Å². The van der Waals surface area contributed by atoms with Crippen molar-refractivity contribution in [3.05, 3.63) is 58.5 Å². The summed E-state index contributed by atoms with van der Waals surface area (Å²) in [5.74, 6) is -3.32. The summed E-state index contributed by atoms with van der Waals surface area (Å²) in [5, 5.41) is 20.5. The van der Waals surface area contributed by atoms with Gasteiger partial charge in [-0.3, -0.25) is 4.79 Å². The molecule has 0 amide bonds. The number of anilines is 1. The molecule has 3 rings (SSSR count). The zero-order chi connectivity index (χ0) is 23.4. The van der Waals surface area contributed by atoms with E-state index in [1.54, 1.807) is 0 Å². The monoisotopic (exact) mass is 488 g/mol. The number of hydrogen-bond acceptors (Lipinski definition) is 6. The van der Waals surface area contributed by atoms with Gasteiger partial charge >= 0.3 is 12.6 Å². The van der Waals surface area contributed by atoms with E-state index in [4.69, 9.17) is 33.0 Å². The number of aromatic hydroxyl groups is 1. The highest BCUT2D eigenvalue weighted by molar-refractivity contribution is 6.38. The number of nitrogens with one attached hydrogen (secondary N) is 1. The van der Waals surface area contributed by atoms with Gasteiger partial charge < -0.3 is 25.0 Å². The number of hydrogen-bond donors (Lipinski definition) is 3. The number of aromatic nitrogens is 1. The number of carboxylic acids is 1. The van der Waals surface area contributed by atoms with Gasteiger partial charge in [0.2, 0.25) is 5.95 Å². The molecule has 0 aliphatic rings. The number of phenolic OH excluding ortho intramolecular Hbond substituents is 1. The van der Waals surface area contributed by atoms with Gasteiger partial charge in [0.05, 0.1) is 0 Å². The van der Waals surface area contributed by atoms with Crippen LogP contribution in [0.25, 0.3) is 11.1 Å². The number of carbonyl (C=O) groups is 1. The highest BCUT2D eigenvalue weighted by atomic mass is 35.5. The quantitative estimate of drug-likeness (QED) is 0.345. The third-order valence-electron chi connectivity index (χ3n) is 3.96. The smallest absolute Gasteiger partial charge is 0.387 e. The Balaban J connectivity index is 1.97. The molecule has 3 aromatic rings. The Morgan fingerprint density at radius 1 is 1.12 bits per heavy atom. The van der Waals surface area contributed by atoms with E-state index in [9.17, 15) is 23.1 Å². The third kappa shape index (κ3) is 5.45. The maximum atomic E-state index is 14.1. The number of rotatable bonds is 8. The lowest BCUT2D eigenvalue weighted by Crippen LogP contribution is -2.14. The maximum Gasteiger partial charge on any atom is 0.387 e. The van der Waals surface area contributed by atoms with Crippen LogP contribution < -0.4 is 14.8 Å². The van der Waals surface area contributed by atoms with E-state index in [2.05, 4.69) is 15.0 Å². The Kier molecular flexibility index (Phi) is 7.16. The number of alkyl halides is 2. The molecule has 0 saturated heterocycles. The van der Waals surface area contributed by atoms with Crippen LogP contribution in [0.3, 0.4) is 0 Å². The van der Waals surface area contributed by atoms with Gasteiger partial charge in [0, 0.05) is 5.56 Å². The molecule has 0 aliphatic carbocycles. The predicted molar refractivity (Wildman–Crippen MR) is 111 cm³/mol. The van der Waals surface area contributed by atoms with E-state index in [0.29, 0.717) is 5.56 Å². The summed E-state index contributed by atoms with van der Waals surface area (Å²) in [5.41, 5.74) is 0.515. The lowest BCUT2D eigenvalue weighted by atomic mass is 10.0. The fourth-order valence-corrected chi connectivity index (χ4v) is 3.09. The highest BCUT2D eigenvalue weighted by Gasteiger charge is 2.21. The van der Waals surface area contributed by atoms with Crippen LogP contribution in [0.2, 0.25) is 10.0 Å². The zero-order valence-electron chi connectivity index (χ0n) is 15.8. The number of halogens is 5. The molecule has 12 heteroatoms. The largest absolute Gasteiger partial charge is 0.507 e. The molecule has 7 nitrogen and oxygen atoms in total. The Morgan fingerprint density at radius 2 is 1.88 bits per heavy atom. The fourth-order valence-electron chi connectivity index (χ4n) is 2.63. The summed E-state index contributed by atoms with van der Waals surface area (Å²) in [4.78, 5) is 14.2. The molecule has 32 heavy (non-hydrogen) atoms. The SMILES string of the molecule is O=C(O)CNc1nc(F)c(Cl)c(Oc2ccc(O)c(-c3cccc(OC(F)F)c3)c2)c1Cl. The molecular weight excluding hydrogens is 476 g/mol. The van der Waals surface area contributed by atoms with E-state index in [1.165, 1.54) is 42.5 Å². The third-order valence-corrected chi connectivity index (χ3v) is 4.64. The molecule has 0 unspecified atom stereocenters. The second-order valence-corrected chi connectivity index (χ2v) is 6.90. The van der Waals surface area contributed by atoms with Crippen molar-refractivity contribution in [2.75, 3.05) is 11.9 Å². The zero-order valence-corrected chi connectivity index (χ0v) is 17.3. The van der Waals surface area contributed by atoms with Crippen LogP contribution in [0.15, 0.2) is 42.5 Å². The molecule has 168 valence electrons. The van der Waals surface area contributed by atoms with Crippen molar-refractivity contribution in [1.82, 2.24) is 4.98 Å². The molecule has 0 bridgehead atoms. The summed E-state index contributed by atoms with van der Waals surface area (Å²) in [6.07, 6.45) is 0. The first-order valence-electron chi connectivity index (χ1n) is 8.72. The van der Waals surface area contributed by atoms with Crippen LogP contribution in [-0.2, 0) is 4.79 Å². The minimum Gasteiger partial charge on any atom is -0.507 e. The van der Waals surface area contributed by atoms with Gasteiger partial charge in [-0.05, 0) is 35.9 Å². The van der Waals surface area contributed by atoms with Crippen molar-refractivity contribution in [1.29, 1.82) is 0 Å². The van der Waals surface area contributed by atoms with E-state index < -0.39 is 30.1 Å². The van der Waals surface area contributed by atoms with Gasteiger partial charge in [-0.25, -0.2) is 0 Å². The summed E-state index contributed by atoms with van der Waals surface area (Å²) in [6, 6.07) is 9.51.